The van der Waals surface area contributed by atoms with Crippen LogP contribution in [0.3, 0.4) is 0 Å². The van der Waals surface area contributed by atoms with Gasteiger partial charge in [-0.2, -0.15) is 0 Å². The molecule has 3 atom stereocenters. The van der Waals surface area contributed by atoms with Crippen LogP contribution in [0.4, 0.5) is 0 Å². The molecule has 130 valence electrons. The minimum absolute atomic E-state index is 0.104. The van der Waals surface area contributed by atoms with Crippen LogP contribution in [-0.4, -0.2) is 18.4 Å². The van der Waals surface area contributed by atoms with E-state index in [1.54, 1.807) is 0 Å². The monoisotopic (exact) mass is 330 g/mol. The molecule has 2 N–H and O–H groups in total. The molecule has 2 fully saturated rings. The number of benzene rings is 1. The van der Waals surface area contributed by atoms with E-state index in [9.17, 15) is 9.59 Å². The largest absolute Gasteiger partial charge is 0.483 e. The first-order valence-electron chi connectivity index (χ1n) is 8.79. The van der Waals surface area contributed by atoms with Crippen LogP contribution in [0.25, 0.3) is 0 Å². The van der Waals surface area contributed by atoms with Crippen LogP contribution in [-0.2, 0) is 9.59 Å². The first-order chi connectivity index (χ1) is 11.5. The van der Waals surface area contributed by atoms with Gasteiger partial charge in [-0.15, -0.1) is 0 Å². The van der Waals surface area contributed by atoms with Gasteiger partial charge in [0.25, 0.3) is 5.91 Å². The Morgan fingerprint density at radius 2 is 1.79 bits per heavy atom. The van der Waals surface area contributed by atoms with Crippen molar-refractivity contribution in [3.8, 4) is 5.75 Å². The summed E-state index contributed by atoms with van der Waals surface area (Å²) in [6.07, 6.45) is 5.56. The summed E-state index contributed by atoms with van der Waals surface area (Å²) in [6, 6.07) is 5.84. The molecule has 0 radical (unpaired) electrons. The van der Waals surface area contributed by atoms with Gasteiger partial charge in [0.1, 0.15) is 5.75 Å². The van der Waals surface area contributed by atoms with Gasteiger partial charge < -0.3 is 4.74 Å². The molecule has 2 aliphatic rings. The number of para-hydroxylation sites is 1. The van der Waals surface area contributed by atoms with Crippen molar-refractivity contribution in [2.75, 3.05) is 6.61 Å². The second-order valence-electron chi connectivity index (χ2n) is 7.25. The van der Waals surface area contributed by atoms with Crippen LogP contribution in [0.5, 0.6) is 5.75 Å². The van der Waals surface area contributed by atoms with E-state index in [4.69, 9.17) is 4.74 Å². The van der Waals surface area contributed by atoms with Gasteiger partial charge in [0.15, 0.2) is 6.61 Å². The number of carbonyl (C=O) groups excluding carboxylic acids is 2. The molecule has 3 rings (SSSR count). The number of fused-ring (bicyclic) bond motifs is 2. The lowest BCUT2D eigenvalue weighted by atomic mass is 9.86. The highest BCUT2D eigenvalue weighted by molar-refractivity contribution is 5.82. The smallest absolute Gasteiger partial charge is 0.276 e. The van der Waals surface area contributed by atoms with Crippen LogP contribution in [0.2, 0.25) is 0 Å². The second kappa shape index (κ2) is 7.24. The molecule has 1 aromatic rings. The molecule has 0 spiro atoms. The molecule has 0 unspecified atom stereocenters. The molecule has 5 nitrogen and oxygen atoms in total. The van der Waals surface area contributed by atoms with Crippen LogP contribution in [0.15, 0.2) is 18.2 Å². The van der Waals surface area contributed by atoms with Gasteiger partial charge in [-0.1, -0.05) is 24.6 Å². The lowest BCUT2D eigenvalue weighted by Gasteiger charge is -2.21. The third kappa shape index (κ3) is 3.89. The second-order valence-corrected chi connectivity index (χ2v) is 7.25. The minimum Gasteiger partial charge on any atom is -0.483 e. The number of ether oxygens (including phenoxy) is 1. The van der Waals surface area contributed by atoms with Crippen LogP contribution >= 0.6 is 0 Å². The topological polar surface area (TPSA) is 67.4 Å². The quantitative estimate of drug-likeness (QED) is 0.816. The molecule has 2 bridgehead atoms. The number of hydrogen-bond acceptors (Lipinski definition) is 3. The van der Waals surface area contributed by atoms with Gasteiger partial charge in [-0.3, -0.25) is 20.4 Å². The molecule has 1 aromatic carbocycles. The molecular weight excluding hydrogens is 304 g/mol. The summed E-state index contributed by atoms with van der Waals surface area (Å²) < 4.78 is 5.57. The molecule has 5 heteroatoms. The summed E-state index contributed by atoms with van der Waals surface area (Å²) in [5.74, 6) is 2.30. The summed E-state index contributed by atoms with van der Waals surface area (Å²) in [5.41, 5.74) is 6.94. The van der Waals surface area contributed by atoms with Crippen molar-refractivity contribution < 1.29 is 14.3 Å². The zero-order valence-corrected chi connectivity index (χ0v) is 14.4. The van der Waals surface area contributed by atoms with E-state index < -0.39 is 0 Å². The Kier molecular flexibility index (Phi) is 5.07. The Labute approximate surface area is 143 Å². The number of hydrazine groups is 1. The molecule has 2 aliphatic carbocycles. The van der Waals surface area contributed by atoms with Gasteiger partial charge in [-0.05, 0) is 62.0 Å². The number of amides is 2. The summed E-state index contributed by atoms with van der Waals surface area (Å²) in [7, 11) is 0. The normalized spacial score (nSPS) is 24.7. The average molecular weight is 330 g/mol. The average Bonchev–Trinajstić information content (AvgIpc) is 3.15. The molecule has 0 saturated heterocycles. The Hall–Kier alpha value is -2.04. The van der Waals surface area contributed by atoms with Crippen molar-refractivity contribution in [2.45, 2.75) is 46.0 Å². The Morgan fingerprint density at radius 1 is 1.08 bits per heavy atom. The standard InChI is InChI=1S/C19H26N2O3/c1-12-4-3-5-13(2)19(12)24-11-18(23)21-20-17(22)10-16-9-14-6-7-15(16)8-14/h3-5,14-16H,6-11H2,1-2H3,(H,20,22)(H,21,23)/t14-,15-,16+/m1/s1. The van der Waals surface area contributed by atoms with Gasteiger partial charge in [0, 0.05) is 6.42 Å². The zero-order chi connectivity index (χ0) is 17.1. The maximum Gasteiger partial charge on any atom is 0.276 e. The van der Waals surface area contributed by atoms with Crippen molar-refractivity contribution in [3.63, 3.8) is 0 Å². The summed E-state index contributed by atoms with van der Waals surface area (Å²) >= 11 is 0. The van der Waals surface area contributed by atoms with E-state index in [0.717, 1.165) is 22.8 Å². The van der Waals surface area contributed by atoms with Crippen LogP contribution in [0, 0.1) is 31.6 Å². The molecule has 0 aromatic heterocycles. The molecule has 2 amide bonds. The summed E-state index contributed by atoms with van der Waals surface area (Å²) in [6.45, 7) is 3.77. The van der Waals surface area contributed by atoms with Crippen LogP contribution < -0.4 is 15.6 Å². The fourth-order valence-corrected chi connectivity index (χ4v) is 4.26. The third-order valence-electron chi connectivity index (χ3n) is 5.43. The van der Waals surface area contributed by atoms with Crippen molar-refractivity contribution in [1.29, 1.82) is 0 Å². The lowest BCUT2D eigenvalue weighted by molar-refractivity contribution is -0.130. The number of hydrogen-bond donors (Lipinski definition) is 2. The van der Waals surface area contributed by atoms with Gasteiger partial charge >= 0.3 is 0 Å². The van der Waals surface area contributed by atoms with E-state index in [0.29, 0.717) is 18.3 Å². The van der Waals surface area contributed by atoms with Crippen molar-refractivity contribution in [2.24, 2.45) is 17.8 Å². The first-order valence-corrected chi connectivity index (χ1v) is 8.79. The number of nitrogens with one attached hydrogen (secondary N) is 2. The predicted octanol–water partition coefficient (Wildman–Crippen LogP) is 2.66. The Bertz CT molecular complexity index is 609. The molecular formula is C19H26N2O3. The zero-order valence-electron chi connectivity index (χ0n) is 14.4. The molecule has 2 saturated carbocycles. The highest BCUT2D eigenvalue weighted by Crippen LogP contribution is 2.49. The maximum atomic E-state index is 12.0. The summed E-state index contributed by atoms with van der Waals surface area (Å²) in [4.78, 5) is 23.9. The van der Waals surface area contributed by atoms with E-state index in [2.05, 4.69) is 10.9 Å². The minimum atomic E-state index is -0.348. The fraction of sp³-hybridized carbons (Fsp3) is 0.579. The Morgan fingerprint density at radius 3 is 2.42 bits per heavy atom. The van der Waals surface area contributed by atoms with Gasteiger partial charge in [0.2, 0.25) is 5.91 Å². The number of rotatable bonds is 5. The van der Waals surface area contributed by atoms with Crippen LogP contribution in [0.1, 0.15) is 43.2 Å². The predicted molar refractivity (Wildman–Crippen MR) is 91.3 cm³/mol. The van der Waals surface area contributed by atoms with Crippen molar-refractivity contribution in [1.82, 2.24) is 10.9 Å². The van der Waals surface area contributed by atoms with Crippen molar-refractivity contribution in [3.05, 3.63) is 29.3 Å². The summed E-state index contributed by atoms with van der Waals surface area (Å²) in [5, 5.41) is 0. The fourth-order valence-electron chi connectivity index (χ4n) is 4.26. The number of carbonyl (C=O) groups is 2. The SMILES string of the molecule is Cc1cccc(C)c1OCC(=O)NNC(=O)C[C@@H]1C[C@@H]2CC[C@@H]1C2. The molecule has 0 aliphatic heterocycles. The van der Waals surface area contributed by atoms with E-state index >= 15 is 0 Å². The third-order valence-corrected chi connectivity index (χ3v) is 5.43. The van der Waals surface area contributed by atoms with E-state index in [-0.39, 0.29) is 18.4 Å². The number of aryl methyl sites for hydroxylation is 2. The van der Waals surface area contributed by atoms with Gasteiger partial charge in [-0.25, -0.2) is 0 Å². The first kappa shape index (κ1) is 16.8. The maximum absolute atomic E-state index is 12.0. The highest BCUT2D eigenvalue weighted by atomic mass is 16.5. The highest BCUT2D eigenvalue weighted by Gasteiger charge is 2.40. The lowest BCUT2D eigenvalue weighted by Crippen LogP contribution is -2.44. The van der Waals surface area contributed by atoms with E-state index in [1.165, 1.54) is 25.7 Å². The molecule has 24 heavy (non-hydrogen) atoms. The van der Waals surface area contributed by atoms with E-state index in [1.807, 2.05) is 32.0 Å². The van der Waals surface area contributed by atoms with Crippen molar-refractivity contribution >= 4 is 11.8 Å². The Balaban J connectivity index is 1.38. The molecule has 0 heterocycles. The van der Waals surface area contributed by atoms with Gasteiger partial charge in [0.05, 0.1) is 0 Å².